The molecule has 0 spiro atoms. The molecule has 0 aliphatic heterocycles. The third-order valence-electron chi connectivity index (χ3n) is 4.46. The Kier molecular flexibility index (Phi) is 7.66. The summed E-state index contributed by atoms with van der Waals surface area (Å²) in [6.45, 7) is 10.2. The molecule has 2 rings (SSSR count). The Hall–Kier alpha value is -2.34. The second kappa shape index (κ2) is 9.97. The Morgan fingerprint density at radius 3 is 2.54 bits per heavy atom. The Morgan fingerprint density at radius 2 is 1.96 bits per heavy atom. The molecule has 0 bridgehead atoms. The Balaban J connectivity index is 2.00. The third-order valence-corrected chi connectivity index (χ3v) is 4.46. The van der Waals surface area contributed by atoms with E-state index < -0.39 is 0 Å². The van der Waals surface area contributed by atoms with Gasteiger partial charge < -0.3 is 20.3 Å². The van der Waals surface area contributed by atoms with Crippen molar-refractivity contribution in [2.45, 2.75) is 39.5 Å². The van der Waals surface area contributed by atoms with Crippen LogP contribution in [0.1, 0.15) is 48.3 Å². The number of nitrogens with one attached hydrogen (secondary N) is 2. The number of aliphatic hydroxyl groups is 1. The standard InChI is InChI=1S/C20H30N4O2/c1-5-21-20(22-11-14(2)19-15(3)24-26-16(19)4)23-12-18(13-25)17-9-7-6-8-10-17/h6-10,14,18,25H,5,11-13H2,1-4H3,(H2,21,22,23). The number of hydrogen-bond donors (Lipinski definition) is 3. The molecule has 0 saturated heterocycles. The van der Waals surface area contributed by atoms with Gasteiger partial charge in [-0.15, -0.1) is 0 Å². The summed E-state index contributed by atoms with van der Waals surface area (Å²) < 4.78 is 5.26. The molecule has 0 aliphatic rings. The predicted octanol–water partition coefficient (Wildman–Crippen LogP) is 2.73. The fraction of sp³-hybridized carbons (Fsp3) is 0.500. The molecule has 0 fully saturated rings. The maximum Gasteiger partial charge on any atom is 0.191 e. The van der Waals surface area contributed by atoms with E-state index in [1.54, 1.807) is 0 Å². The van der Waals surface area contributed by atoms with E-state index in [1.807, 2.05) is 51.1 Å². The molecule has 1 aromatic carbocycles. The summed E-state index contributed by atoms with van der Waals surface area (Å²) in [6.07, 6.45) is 0. The summed E-state index contributed by atoms with van der Waals surface area (Å²) in [5.41, 5.74) is 3.16. The van der Waals surface area contributed by atoms with E-state index in [-0.39, 0.29) is 18.4 Å². The minimum absolute atomic E-state index is 0.0278. The highest BCUT2D eigenvalue weighted by atomic mass is 16.5. The van der Waals surface area contributed by atoms with Crippen molar-refractivity contribution in [3.63, 3.8) is 0 Å². The van der Waals surface area contributed by atoms with E-state index in [2.05, 4.69) is 22.7 Å². The normalized spacial score (nSPS) is 14.1. The molecule has 0 aliphatic carbocycles. The van der Waals surface area contributed by atoms with Crippen LogP contribution < -0.4 is 10.6 Å². The molecule has 6 nitrogen and oxygen atoms in total. The van der Waals surface area contributed by atoms with E-state index in [1.165, 1.54) is 0 Å². The van der Waals surface area contributed by atoms with Crippen LogP contribution >= 0.6 is 0 Å². The van der Waals surface area contributed by atoms with Crippen LogP contribution in [0.5, 0.6) is 0 Å². The lowest BCUT2D eigenvalue weighted by molar-refractivity contribution is 0.265. The van der Waals surface area contributed by atoms with Gasteiger partial charge in [-0.3, -0.25) is 4.99 Å². The van der Waals surface area contributed by atoms with Crippen molar-refractivity contribution in [3.8, 4) is 0 Å². The zero-order valence-electron chi connectivity index (χ0n) is 16.1. The zero-order chi connectivity index (χ0) is 18.9. The topological polar surface area (TPSA) is 82.7 Å². The first-order valence-electron chi connectivity index (χ1n) is 9.17. The molecule has 1 aromatic heterocycles. The molecule has 6 heteroatoms. The average Bonchev–Trinajstić information content (AvgIpc) is 2.99. The summed E-state index contributed by atoms with van der Waals surface area (Å²) in [5, 5.41) is 20.3. The summed E-state index contributed by atoms with van der Waals surface area (Å²) in [7, 11) is 0. The van der Waals surface area contributed by atoms with Gasteiger partial charge in [-0.1, -0.05) is 42.4 Å². The molecule has 0 saturated carbocycles. The number of aromatic nitrogens is 1. The predicted molar refractivity (Wildman–Crippen MR) is 105 cm³/mol. The van der Waals surface area contributed by atoms with Gasteiger partial charge in [0.15, 0.2) is 5.96 Å². The fourth-order valence-electron chi connectivity index (χ4n) is 3.09. The molecule has 3 N–H and O–H groups in total. The van der Waals surface area contributed by atoms with E-state index >= 15 is 0 Å². The first-order valence-corrected chi connectivity index (χ1v) is 9.17. The van der Waals surface area contributed by atoms with Gasteiger partial charge >= 0.3 is 0 Å². The summed E-state index contributed by atoms with van der Waals surface area (Å²) in [4.78, 5) is 4.69. The molecular formula is C20H30N4O2. The highest BCUT2D eigenvalue weighted by molar-refractivity contribution is 5.79. The number of aryl methyl sites for hydroxylation is 2. The van der Waals surface area contributed by atoms with Crippen LogP contribution in [0.15, 0.2) is 39.8 Å². The molecule has 2 unspecified atom stereocenters. The highest BCUT2D eigenvalue weighted by Gasteiger charge is 2.16. The van der Waals surface area contributed by atoms with Crippen LogP contribution in [-0.2, 0) is 0 Å². The minimum atomic E-state index is 0.0278. The number of hydrogen-bond acceptors (Lipinski definition) is 4. The maximum atomic E-state index is 9.71. The molecular weight excluding hydrogens is 328 g/mol. The number of rotatable bonds is 8. The second-order valence-corrected chi connectivity index (χ2v) is 6.53. The second-order valence-electron chi connectivity index (χ2n) is 6.53. The van der Waals surface area contributed by atoms with Crippen molar-refractivity contribution in [3.05, 3.63) is 52.9 Å². The lowest BCUT2D eigenvalue weighted by atomic mass is 10.00. The number of aliphatic imine (C=N–C) groups is 1. The van der Waals surface area contributed by atoms with E-state index in [0.717, 1.165) is 35.1 Å². The first kappa shape index (κ1) is 20.0. The zero-order valence-corrected chi connectivity index (χ0v) is 16.1. The van der Waals surface area contributed by atoms with E-state index in [9.17, 15) is 5.11 Å². The Labute approximate surface area is 155 Å². The van der Waals surface area contributed by atoms with Gasteiger partial charge in [0.2, 0.25) is 0 Å². The van der Waals surface area contributed by atoms with E-state index in [0.29, 0.717) is 13.1 Å². The van der Waals surface area contributed by atoms with Crippen LogP contribution in [-0.4, -0.2) is 42.5 Å². The Bertz CT molecular complexity index is 678. The highest BCUT2D eigenvalue weighted by Crippen LogP contribution is 2.23. The lowest BCUT2D eigenvalue weighted by Crippen LogP contribution is -2.40. The summed E-state index contributed by atoms with van der Waals surface area (Å²) in [5.74, 6) is 1.85. The first-order chi connectivity index (χ1) is 12.6. The molecule has 2 aromatic rings. The monoisotopic (exact) mass is 358 g/mol. The number of benzene rings is 1. The summed E-state index contributed by atoms with van der Waals surface area (Å²) in [6, 6.07) is 10.0. The quantitative estimate of drug-likeness (QED) is 0.499. The number of guanidine groups is 1. The molecule has 142 valence electrons. The lowest BCUT2D eigenvalue weighted by Gasteiger charge is -2.18. The van der Waals surface area contributed by atoms with Crippen molar-refractivity contribution in [2.75, 3.05) is 26.2 Å². The summed E-state index contributed by atoms with van der Waals surface area (Å²) >= 11 is 0. The molecule has 2 atom stereocenters. The fourth-order valence-corrected chi connectivity index (χ4v) is 3.09. The van der Waals surface area contributed by atoms with Crippen molar-refractivity contribution < 1.29 is 9.63 Å². The van der Waals surface area contributed by atoms with Crippen LogP contribution in [0, 0.1) is 13.8 Å². The van der Waals surface area contributed by atoms with Gasteiger partial charge in [0, 0.05) is 37.0 Å². The third kappa shape index (κ3) is 5.33. The minimum Gasteiger partial charge on any atom is -0.396 e. The van der Waals surface area contributed by atoms with Crippen LogP contribution in [0.2, 0.25) is 0 Å². The Morgan fingerprint density at radius 1 is 1.23 bits per heavy atom. The molecule has 1 heterocycles. The molecule has 0 radical (unpaired) electrons. The van der Waals surface area contributed by atoms with Gasteiger partial charge in [0.1, 0.15) is 5.76 Å². The van der Waals surface area contributed by atoms with Crippen molar-refractivity contribution in [2.24, 2.45) is 4.99 Å². The van der Waals surface area contributed by atoms with E-state index in [4.69, 9.17) is 9.52 Å². The van der Waals surface area contributed by atoms with Gasteiger partial charge in [0.05, 0.1) is 12.3 Å². The van der Waals surface area contributed by atoms with Crippen LogP contribution in [0.3, 0.4) is 0 Å². The van der Waals surface area contributed by atoms with Crippen LogP contribution in [0.4, 0.5) is 0 Å². The SMILES string of the molecule is CCNC(=NCC(C)c1c(C)noc1C)NCC(CO)c1ccccc1. The van der Waals surface area contributed by atoms with Crippen molar-refractivity contribution >= 4 is 5.96 Å². The van der Waals surface area contributed by atoms with Crippen molar-refractivity contribution in [1.82, 2.24) is 15.8 Å². The molecule has 0 amide bonds. The number of nitrogens with zero attached hydrogens (tertiary/aromatic N) is 2. The maximum absolute atomic E-state index is 9.71. The smallest absolute Gasteiger partial charge is 0.191 e. The number of aliphatic hydroxyl groups excluding tert-OH is 1. The van der Waals surface area contributed by atoms with Gasteiger partial charge in [-0.05, 0) is 26.3 Å². The van der Waals surface area contributed by atoms with Gasteiger partial charge in [-0.2, -0.15) is 0 Å². The molecule has 26 heavy (non-hydrogen) atoms. The largest absolute Gasteiger partial charge is 0.396 e. The average molecular weight is 358 g/mol. The van der Waals surface area contributed by atoms with Gasteiger partial charge in [-0.25, -0.2) is 0 Å². The van der Waals surface area contributed by atoms with Crippen LogP contribution in [0.25, 0.3) is 0 Å². The van der Waals surface area contributed by atoms with Crippen molar-refractivity contribution in [1.29, 1.82) is 0 Å². The van der Waals surface area contributed by atoms with Gasteiger partial charge in [0.25, 0.3) is 0 Å².